The van der Waals surface area contributed by atoms with Gasteiger partial charge < -0.3 is 15.0 Å². The van der Waals surface area contributed by atoms with E-state index < -0.39 is 0 Å². The lowest BCUT2D eigenvalue weighted by Gasteiger charge is -2.40. The molecule has 1 saturated heterocycles. The Bertz CT molecular complexity index is 403. The van der Waals surface area contributed by atoms with Gasteiger partial charge in [0.1, 0.15) is 5.75 Å². The van der Waals surface area contributed by atoms with Gasteiger partial charge in [-0.1, -0.05) is 19.1 Å². The Kier molecular flexibility index (Phi) is 3.81. The highest BCUT2D eigenvalue weighted by atomic mass is 16.5. The van der Waals surface area contributed by atoms with Gasteiger partial charge in [0.2, 0.25) is 0 Å². The molecule has 0 spiro atoms. The standard InChI is InChI=1S/C15H24N2O/c1-12-9-16-11-15(2,3)17(10-12)13-7-5-6-8-14(13)18-4/h5-8,12,16H,9-11H2,1-4H3. The Morgan fingerprint density at radius 3 is 2.78 bits per heavy atom. The SMILES string of the molecule is COc1ccccc1N1CC(C)CNCC1(C)C. The number of ether oxygens (including phenoxy) is 1. The van der Waals surface area contributed by atoms with E-state index in [2.05, 4.69) is 43.1 Å². The van der Waals surface area contributed by atoms with Crippen LogP contribution in [0.2, 0.25) is 0 Å². The molecule has 1 aromatic rings. The van der Waals surface area contributed by atoms with Crippen molar-refractivity contribution in [1.82, 2.24) is 5.32 Å². The monoisotopic (exact) mass is 248 g/mol. The second-order valence-corrected chi connectivity index (χ2v) is 5.83. The second kappa shape index (κ2) is 5.19. The number of anilines is 1. The Labute approximate surface area is 110 Å². The summed E-state index contributed by atoms with van der Waals surface area (Å²) < 4.78 is 5.51. The van der Waals surface area contributed by atoms with Crippen LogP contribution >= 0.6 is 0 Å². The van der Waals surface area contributed by atoms with Gasteiger partial charge in [-0.2, -0.15) is 0 Å². The van der Waals surface area contributed by atoms with Gasteiger partial charge >= 0.3 is 0 Å². The molecule has 2 rings (SSSR count). The molecule has 100 valence electrons. The van der Waals surface area contributed by atoms with Crippen molar-refractivity contribution in [2.75, 3.05) is 31.6 Å². The Morgan fingerprint density at radius 2 is 2.06 bits per heavy atom. The van der Waals surface area contributed by atoms with Crippen molar-refractivity contribution in [2.45, 2.75) is 26.3 Å². The second-order valence-electron chi connectivity index (χ2n) is 5.83. The summed E-state index contributed by atoms with van der Waals surface area (Å²) in [6.45, 7) is 9.98. The van der Waals surface area contributed by atoms with Crippen LogP contribution in [0.5, 0.6) is 5.75 Å². The Morgan fingerprint density at radius 1 is 1.33 bits per heavy atom. The molecule has 1 atom stereocenters. The van der Waals surface area contributed by atoms with Gasteiger partial charge in [-0.15, -0.1) is 0 Å². The molecule has 1 heterocycles. The van der Waals surface area contributed by atoms with Crippen molar-refractivity contribution in [1.29, 1.82) is 0 Å². The summed E-state index contributed by atoms with van der Waals surface area (Å²) in [5.41, 5.74) is 1.29. The highest BCUT2D eigenvalue weighted by Gasteiger charge is 2.32. The maximum absolute atomic E-state index is 5.51. The van der Waals surface area contributed by atoms with E-state index in [1.807, 2.05) is 12.1 Å². The number of benzene rings is 1. The van der Waals surface area contributed by atoms with Gasteiger partial charge in [0.25, 0.3) is 0 Å². The predicted molar refractivity (Wildman–Crippen MR) is 76.5 cm³/mol. The van der Waals surface area contributed by atoms with E-state index in [4.69, 9.17) is 4.74 Å². The number of methoxy groups -OCH3 is 1. The molecule has 3 heteroatoms. The molecule has 0 aliphatic carbocycles. The molecule has 1 aliphatic heterocycles. The normalized spacial score (nSPS) is 23.6. The van der Waals surface area contributed by atoms with Gasteiger partial charge in [0.05, 0.1) is 12.8 Å². The van der Waals surface area contributed by atoms with Gasteiger partial charge in [-0.05, 0) is 38.4 Å². The summed E-state index contributed by atoms with van der Waals surface area (Å²) in [6.07, 6.45) is 0. The maximum Gasteiger partial charge on any atom is 0.142 e. The first-order valence-electron chi connectivity index (χ1n) is 6.66. The fraction of sp³-hybridized carbons (Fsp3) is 0.600. The molecule has 1 aromatic carbocycles. The zero-order valence-electron chi connectivity index (χ0n) is 11.9. The number of hydrogen-bond donors (Lipinski definition) is 1. The van der Waals surface area contributed by atoms with E-state index in [1.54, 1.807) is 7.11 Å². The van der Waals surface area contributed by atoms with E-state index in [-0.39, 0.29) is 5.54 Å². The molecule has 1 fully saturated rings. The zero-order chi connectivity index (χ0) is 13.2. The number of nitrogens with one attached hydrogen (secondary N) is 1. The minimum absolute atomic E-state index is 0.0966. The fourth-order valence-electron chi connectivity index (χ4n) is 2.62. The van der Waals surface area contributed by atoms with Crippen molar-refractivity contribution in [3.8, 4) is 5.75 Å². The van der Waals surface area contributed by atoms with E-state index in [0.29, 0.717) is 5.92 Å². The van der Waals surface area contributed by atoms with Crippen molar-refractivity contribution in [2.24, 2.45) is 5.92 Å². The van der Waals surface area contributed by atoms with Gasteiger partial charge in [-0.3, -0.25) is 0 Å². The summed E-state index contributed by atoms with van der Waals surface area (Å²) in [6, 6.07) is 8.29. The van der Waals surface area contributed by atoms with E-state index in [0.717, 1.165) is 25.4 Å². The molecule has 0 aromatic heterocycles. The zero-order valence-corrected chi connectivity index (χ0v) is 11.9. The molecule has 1 aliphatic rings. The van der Waals surface area contributed by atoms with Crippen LogP contribution in [0.3, 0.4) is 0 Å². The highest BCUT2D eigenvalue weighted by molar-refractivity contribution is 5.60. The van der Waals surface area contributed by atoms with E-state index >= 15 is 0 Å². The summed E-state index contributed by atoms with van der Waals surface area (Å²) in [7, 11) is 1.74. The first kappa shape index (κ1) is 13.2. The third-order valence-electron chi connectivity index (χ3n) is 3.65. The maximum atomic E-state index is 5.51. The topological polar surface area (TPSA) is 24.5 Å². The Balaban J connectivity index is 2.38. The lowest BCUT2D eigenvalue weighted by atomic mass is 10.0. The van der Waals surface area contributed by atoms with Crippen LogP contribution in [0.25, 0.3) is 0 Å². The number of nitrogens with zero attached hydrogens (tertiary/aromatic N) is 1. The Hall–Kier alpha value is -1.22. The molecule has 0 amide bonds. The van der Waals surface area contributed by atoms with Crippen molar-refractivity contribution < 1.29 is 4.74 Å². The van der Waals surface area contributed by atoms with Crippen LogP contribution in [0.1, 0.15) is 20.8 Å². The third-order valence-corrected chi connectivity index (χ3v) is 3.65. The third kappa shape index (κ3) is 2.61. The molecular weight excluding hydrogens is 224 g/mol. The first-order valence-corrected chi connectivity index (χ1v) is 6.66. The molecule has 0 saturated carbocycles. The van der Waals surface area contributed by atoms with Crippen LogP contribution in [0, 0.1) is 5.92 Å². The van der Waals surface area contributed by atoms with Gasteiger partial charge in [-0.25, -0.2) is 0 Å². The molecule has 3 nitrogen and oxygen atoms in total. The summed E-state index contributed by atoms with van der Waals surface area (Å²) in [5.74, 6) is 1.59. The summed E-state index contributed by atoms with van der Waals surface area (Å²) >= 11 is 0. The minimum atomic E-state index is 0.0966. The molecule has 18 heavy (non-hydrogen) atoms. The average molecular weight is 248 g/mol. The first-order chi connectivity index (χ1) is 8.54. The average Bonchev–Trinajstić information content (AvgIpc) is 2.48. The minimum Gasteiger partial charge on any atom is -0.495 e. The van der Waals surface area contributed by atoms with Gasteiger partial charge in [0.15, 0.2) is 0 Å². The summed E-state index contributed by atoms with van der Waals surface area (Å²) in [4.78, 5) is 2.47. The number of hydrogen-bond acceptors (Lipinski definition) is 3. The van der Waals surface area contributed by atoms with Crippen molar-refractivity contribution >= 4 is 5.69 Å². The molecule has 0 bridgehead atoms. The largest absolute Gasteiger partial charge is 0.495 e. The molecule has 0 radical (unpaired) electrons. The number of para-hydroxylation sites is 2. The highest BCUT2D eigenvalue weighted by Crippen LogP contribution is 2.34. The van der Waals surface area contributed by atoms with Crippen LogP contribution in [-0.2, 0) is 0 Å². The fourth-order valence-corrected chi connectivity index (χ4v) is 2.62. The van der Waals surface area contributed by atoms with Gasteiger partial charge in [0, 0.05) is 18.6 Å². The van der Waals surface area contributed by atoms with Crippen molar-refractivity contribution in [3.63, 3.8) is 0 Å². The number of rotatable bonds is 2. The molecular formula is C15H24N2O. The predicted octanol–water partition coefficient (Wildman–Crippen LogP) is 2.52. The van der Waals surface area contributed by atoms with E-state index in [1.165, 1.54) is 5.69 Å². The lowest BCUT2D eigenvalue weighted by Crippen LogP contribution is -2.49. The smallest absolute Gasteiger partial charge is 0.142 e. The van der Waals surface area contributed by atoms with Crippen LogP contribution in [0.4, 0.5) is 5.69 Å². The quantitative estimate of drug-likeness (QED) is 0.870. The van der Waals surface area contributed by atoms with Crippen LogP contribution < -0.4 is 15.0 Å². The van der Waals surface area contributed by atoms with Crippen LogP contribution in [0.15, 0.2) is 24.3 Å². The van der Waals surface area contributed by atoms with Crippen LogP contribution in [-0.4, -0.2) is 32.3 Å². The molecule has 1 unspecified atom stereocenters. The lowest BCUT2D eigenvalue weighted by molar-refractivity contribution is 0.403. The summed E-state index contributed by atoms with van der Waals surface area (Å²) in [5, 5.41) is 3.54. The van der Waals surface area contributed by atoms with E-state index in [9.17, 15) is 0 Å². The molecule has 1 N–H and O–H groups in total. The van der Waals surface area contributed by atoms with Crippen molar-refractivity contribution in [3.05, 3.63) is 24.3 Å².